The topological polar surface area (TPSA) is 67.6 Å². The third-order valence-corrected chi connectivity index (χ3v) is 3.67. The van der Waals surface area contributed by atoms with E-state index >= 15 is 0 Å². The Morgan fingerprint density at radius 3 is 2.48 bits per heavy atom. The van der Waals surface area contributed by atoms with Gasteiger partial charge in [-0.25, -0.2) is 4.98 Å². The molecule has 3 aromatic rings. The van der Waals surface area contributed by atoms with Crippen LogP contribution in [0.5, 0.6) is 0 Å². The lowest BCUT2D eigenvalue weighted by molar-refractivity contribution is 1.07. The minimum absolute atomic E-state index is 0.514. The van der Waals surface area contributed by atoms with Crippen LogP contribution >= 0.6 is 23.2 Å². The van der Waals surface area contributed by atoms with Crippen molar-refractivity contribution in [1.29, 1.82) is 0 Å². The molecule has 0 fully saturated rings. The molecule has 0 aliphatic rings. The predicted octanol–water partition coefficient (Wildman–Crippen LogP) is 3.90. The van der Waals surface area contributed by atoms with Gasteiger partial charge < -0.3 is 5.73 Å². The molecular weight excluding hydrogens is 307 g/mol. The number of benzene rings is 2. The van der Waals surface area contributed by atoms with Crippen molar-refractivity contribution in [2.24, 2.45) is 5.73 Å². The average molecular weight is 319 g/mol. The summed E-state index contributed by atoms with van der Waals surface area (Å²) in [6.45, 7) is 0.514. The highest BCUT2D eigenvalue weighted by Crippen LogP contribution is 2.29. The number of halogens is 2. The zero-order valence-corrected chi connectivity index (χ0v) is 12.5. The highest BCUT2D eigenvalue weighted by atomic mass is 35.5. The molecule has 0 amide bonds. The molecular formula is C15H12Cl2N4. The Balaban J connectivity index is 1.95. The van der Waals surface area contributed by atoms with Crippen LogP contribution in [-0.4, -0.2) is 15.2 Å². The van der Waals surface area contributed by atoms with Crippen molar-refractivity contribution in [3.05, 3.63) is 58.1 Å². The van der Waals surface area contributed by atoms with Gasteiger partial charge in [-0.3, -0.25) is 5.10 Å². The van der Waals surface area contributed by atoms with Crippen LogP contribution in [-0.2, 0) is 6.54 Å². The molecule has 2 aromatic carbocycles. The first-order chi connectivity index (χ1) is 10.2. The molecule has 0 aliphatic heterocycles. The fourth-order valence-corrected chi connectivity index (χ4v) is 2.48. The van der Waals surface area contributed by atoms with Crippen LogP contribution in [0.15, 0.2) is 42.5 Å². The Kier molecular flexibility index (Phi) is 3.92. The van der Waals surface area contributed by atoms with Gasteiger partial charge >= 0.3 is 0 Å². The summed E-state index contributed by atoms with van der Waals surface area (Å²) in [6.07, 6.45) is 0. The molecule has 0 spiro atoms. The first-order valence-electron chi connectivity index (χ1n) is 6.34. The minimum Gasteiger partial charge on any atom is -0.326 e. The maximum absolute atomic E-state index is 6.17. The van der Waals surface area contributed by atoms with Crippen molar-refractivity contribution in [2.75, 3.05) is 0 Å². The minimum atomic E-state index is 0.514. The lowest BCUT2D eigenvalue weighted by atomic mass is 10.1. The van der Waals surface area contributed by atoms with Crippen molar-refractivity contribution in [3.63, 3.8) is 0 Å². The van der Waals surface area contributed by atoms with Crippen molar-refractivity contribution in [1.82, 2.24) is 15.2 Å². The summed E-state index contributed by atoms with van der Waals surface area (Å²) < 4.78 is 0. The van der Waals surface area contributed by atoms with E-state index in [4.69, 9.17) is 28.9 Å². The summed E-state index contributed by atoms with van der Waals surface area (Å²) in [5.41, 5.74) is 8.33. The largest absolute Gasteiger partial charge is 0.326 e. The molecule has 0 radical (unpaired) electrons. The van der Waals surface area contributed by atoms with Gasteiger partial charge in [0, 0.05) is 22.7 Å². The number of nitrogens with zero attached hydrogens (tertiary/aromatic N) is 2. The standard InChI is InChI=1S/C15H12Cl2N4/c16-11-5-6-12(13(17)7-11)15-19-14(20-21-15)10-3-1-9(8-18)2-4-10/h1-7H,8,18H2,(H,19,20,21). The Morgan fingerprint density at radius 2 is 1.81 bits per heavy atom. The van der Waals surface area contributed by atoms with E-state index in [1.54, 1.807) is 12.1 Å². The fraction of sp³-hybridized carbons (Fsp3) is 0.0667. The number of aromatic amines is 1. The first kappa shape index (κ1) is 14.1. The van der Waals surface area contributed by atoms with Crippen LogP contribution in [0.25, 0.3) is 22.8 Å². The van der Waals surface area contributed by atoms with Crippen LogP contribution in [0.1, 0.15) is 5.56 Å². The molecule has 3 N–H and O–H groups in total. The number of nitrogens with two attached hydrogens (primary N) is 1. The van der Waals surface area contributed by atoms with Crippen molar-refractivity contribution >= 4 is 23.2 Å². The molecule has 1 heterocycles. The Morgan fingerprint density at radius 1 is 1.05 bits per heavy atom. The smallest absolute Gasteiger partial charge is 0.181 e. The molecule has 3 rings (SSSR count). The van der Waals surface area contributed by atoms with E-state index < -0.39 is 0 Å². The normalized spacial score (nSPS) is 10.8. The zero-order chi connectivity index (χ0) is 14.8. The number of aromatic nitrogens is 3. The maximum Gasteiger partial charge on any atom is 0.181 e. The van der Waals surface area contributed by atoms with Crippen LogP contribution in [0.3, 0.4) is 0 Å². The number of hydrogen-bond donors (Lipinski definition) is 2. The van der Waals surface area contributed by atoms with Gasteiger partial charge in [-0.05, 0) is 23.8 Å². The third-order valence-electron chi connectivity index (χ3n) is 3.12. The van der Waals surface area contributed by atoms with Crippen LogP contribution in [0.2, 0.25) is 10.0 Å². The second kappa shape index (κ2) is 5.85. The number of hydrogen-bond acceptors (Lipinski definition) is 3. The molecule has 4 nitrogen and oxygen atoms in total. The molecule has 0 saturated carbocycles. The van der Waals surface area contributed by atoms with E-state index in [9.17, 15) is 0 Å². The number of nitrogens with one attached hydrogen (secondary N) is 1. The van der Waals surface area contributed by atoms with Crippen LogP contribution in [0.4, 0.5) is 0 Å². The second-order valence-corrected chi connectivity index (χ2v) is 5.38. The quantitative estimate of drug-likeness (QED) is 0.769. The van der Waals surface area contributed by atoms with E-state index in [1.807, 2.05) is 30.3 Å². The average Bonchev–Trinajstić information content (AvgIpc) is 2.97. The molecule has 0 saturated heterocycles. The SMILES string of the molecule is NCc1ccc(-c2n[nH]c(-c3ccc(Cl)cc3Cl)n2)cc1. The molecule has 0 atom stereocenters. The van der Waals surface area contributed by atoms with Gasteiger partial charge in [-0.1, -0.05) is 47.5 Å². The van der Waals surface area contributed by atoms with Gasteiger partial charge in [0.2, 0.25) is 0 Å². The first-order valence-corrected chi connectivity index (χ1v) is 7.10. The van der Waals surface area contributed by atoms with Gasteiger partial charge in [0.15, 0.2) is 11.6 Å². The predicted molar refractivity (Wildman–Crippen MR) is 85.2 cm³/mol. The van der Waals surface area contributed by atoms with Gasteiger partial charge in [0.05, 0.1) is 5.02 Å². The van der Waals surface area contributed by atoms with Gasteiger partial charge in [0.1, 0.15) is 0 Å². The number of rotatable bonds is 3. The lowest BCUT2D eigenvalue weighted by Gasteiger charge is -2.00. The summed E-state index contributed by atoms with van der Waals surface area (Å²) >= 11 is 12.1. The molecule has 0 bridgehead atoms. The summed E-state index contributed by atoms with van der Waals surface area (Å²) in [5, 5.41) is 8.23. The highest BCUT2D eigenvalue weighted by molar-refractivity contribution is 6.36. The monoisotopic (exact) mass is 318 g/mol. The lowest BCUT2D eigenvalue weighted by Crippen LogP contribution is -1.95. The van der Waals surface area contributed by atoms with Gasteiger partial charge in [-0.15, -0.1) is 0 Å². The van der Waals surface area contributed by atoms with E-state index in [-0.39, 0.29) is 0 Å². The molecule has 1 aromatic heterocycles. The van der Waals surface area contributed by atoms with Gasteiger partial charge in [0.25, 0.3) is 0 Å². The second-order valence-electron chi connectivity index (χ2n) is 4.53. The van der Waals surface area contributed by atoms with E-state index in [1.165, 1.54) is 0 Å². The van der Waals surface area contributed by atoms with Crippen LogP contribution < -0.4 is 5.73 Å². The van der Waals surface area contributed by atoms with Crippen LogP contribution in [0, 0.1) is 0 Å². The summed E-state index contributed by atoms with van der Waals surface area (Å²) in [5.74, 6) is 1.22. The number of H-pyrrole nitrogens is 1. The van der Waals surface area contributed by atoms with E-state index in [2.05, 4.69) is 15.2 Å². The maximum atomic E-state index is 6.17. The fourth-order valence-electron chi connectivity index (χ4n) is 1.98. The molecule has 21 heavy (non-hydrogen) atoms. The van der Waals surface area contributed by atoms with Gasteiger partial charge in [-0.2, -0.15) is 5.10 Å². The Labute approximate surface area is 131 Å². The molecule has 0 unspecified atom stereocenters. The van der Waals surface area contributed by atoms with E-state index in [0.29, 0.717) is 28.2 Å². The van der Waals surface area contributed by atoms with Crippen molar-refractivity contribution < 1.29 is 0 Å². The van der Waals surface area contributed by atoms with E-state index in [0.717, 1.165) is 16.7 Å². The zero-order valence-electron chi connectivity index (χ0n) is 11.0. The third kappa shape index (κ3) is 2.93. The Hall–Kier alpha value is -1.88. The summed E-state index contributed by atoms with van der Waals surface area (Å²) in [7, 11) is 0. The molecule has 0 aliphatic carbocycles. The Bertz CT molecular complexity index is 766. The summed E-state index contributed by atoms with van der Waals surface area (Å²) in [4.78, 5) is 4.47. The van der Waals surface area contributed by atoms with Crippen molar-refractivity contribution in [2.45, 2.75) is 6.54 Å². The van der Waals surface area contributed by atoms with Crippen molar-refractivity contribution in [3.8, 4) is 22.8 Å². The molecule has 106 valence electrons. The molecule has 6 heteroatoms. The highest BCUT2D eigenvalue weighted by Gasteiger charge is 2.11. The summed E-state index contributed by atoms with van der Waals surface area (Å²) in [6, 6.07) is 13.1.